The molecule has 1 fully saturated rings. The fraction of sp³-hybridized carbons (Fsp3) is 0.385. The molecule has 1 saturated heterocycles. The largest absolute Gasteiger partial charge is 0.348 e. The molecule has 2 aromatic carbocycles. The average Bonchev–Trinajstić information content (AvgIpc) is 3.18. The Bertz CT molecular complexity index is 1250. The molecule has 9 heteroatoms. The zero-order valence-corrected chi connectivity index (χ0v) is 21.9. The Balaban J connectivity index is 1.58. The fourth-order valence-electron chi connectivity index (χ4n) is 4.51. The quantitative estimate of drug-likeness (QED) is 0.364. The normalized spacial score (nSPS) is 15.9. The molecule has 0 radical (unpaired) electrons. The van der Waals surface area contributed by atoms with Gasteiger partial charge in [0.25, 0.3) is 5.91 Å². The Kier molecular flexibility index (Phi) is 7.94. The number of likely N-dealkylation sites (tertiary alicyclic amines) is 1. The van der Waals surface area contributed by atoms with Crippen molar-refractivity contribution in [2.24, 2.45) is 0 Å². The summed E-state index contributed by atoms with van der Waals surface area (Å²) in [6.45, 7) is 6.23. The summed E-state index contributed by atoms with van der Waals surface area (Å²) in [5.74, 6) is -0.458. The SMILES string of the molecule is CC(C)N1CCC(NC(=O)c2cc3cc([SH+](C)=O)ccc3n2CC(=O)Nc2ccc(Cl)cc2)CC1. The summed E-state index contributed by atoms with van der Waals surface area (Å²) in [5.41, 5.74) is 1.79. The number of anilines is 1. The Morgan fingerprint density at radius 3 is 2.40 bits per heavy atom. The Morgan fingerprint density at radius 2 is 1.77 bits per heavy atom. The van der Waals surface area contributed by atoms with Crippen LogP contribution in [0.5, 0.6) is 0 Å². The number of nitrogens with one attached hydrogen (secondary N) is 2. The predicted octanol–water partition coefficient (Wildman–Crippen LogP) is 4.22. The molecule has 2 amide bonds. The van der Waals surface area contributed by atoms with Gasteiger partial charge in [-0.3, -0.25) is 9.59 Å². The lowest BCUT2D eigenvalue weighted by molar-refractivity contribution is -0.116. The molecule has 1 aliphatic heterocycles. The van der Waals surface area contributed by atoms with Crippen LogP contribution in [0.2, 0.25) is 5.02 Å². The summed E-state index contributed by atoms with van der Waals surface area (Å²) >= 11 is 5.94. The predicted molar refractivity (Wildman–Crippen MR) is 143 cm³/mol. The van der Waals surface area contributed by atoms with Crippen molar-refractivity contribution in [2.45, 2.75) is 50.2 Å². The second-order valence-electron chi connectivity index (χ2n) is 9.29. The van der Waals surface area contributed by atoms with Crippen molar-refractivity contribution in [3.63, 3.8) is 0 Å². The van der Waals surface area contributed by atoms with Gasteiger partial charge in [-0.1, -0.05) is 11.6 Å². The molecule has 2 N–H and O–H groups in total. The highest BCUT2D eigenvalue weighted by molar-refractivity contribution is 7.84. The number of thiol groups is 1. The second kappa shape index (κ2) is 10.9. The number of fused-ring (bicyclic) bond motifs is 1. The molecule has 7 nitrogen and oxygen atoms in total. The standard InChI is InChI=1S/C26H31ClN4O3S/c1-17(2)30-12-10-21(11-13-30)29-26(33)24-15-18-14-22(35(3)34)8-9-23(18)31(24)16-25(32)28-20-6-4-19(27)5-7-20/h4-9,14-15,17,21H,10-13,16H2,1-3H3,(H,28,32)(H,29,33)/p+1. The lowest BCUT2D eigenvalue weighted by Gasteiger charge is -2.34. The third-order valence-corrected chi connectivity index (χ3v) is 7.76. The molecule has 1 aliphatic rings. The van der Waals surface area contributed by atoms with Crippen LogP contribution < -0.4 is 10.6 Å². The molecular formula is C26H32ClN4O3S+. The van der Waals surface area contributed by atoms with Crippen molar-refractivity contribution in [2.75, 3.05) is 24.7 Å². The molecule has 186 valence electrons. The number of aromatic nitrogens is 1. The molecule has 35 heavy (non-hydrogen) atoms. The number of rotatable bonds is 7. The van der Waals surface area contributed by atoms with E-state index in [2.05, 4.69) is 29.4 Å². The van der Waals surface area contributed by atoms with Crippen molar-refractivity contribution in [3.8, 4) is 0 Å². The van der Waals surface area contributed by atoms with E-state index < -0.39 is 10.8 Å². The summed E-state index contributed by atoms with van der Waals surface area (Å²) in [7, 11) is -1.52. The number of nitrogens with zero attached hydrogens (tertiary/aromatic N) is 2. The first kappa shape index (κ1) is 25.4. The maximum Gasteiger partial charge on any atom is 0.268 e. The van der Waals surface area contributed by atoms with Gasteiger partial charge in [0.2, 0.25) is 5.91 Å². The zero-order chi connectivity index (χ0) is 25.1. The molecule has 2 heterocycles. The molecular weight excluding hydrogens is 484 g/mol. The van der Waals surface area contributed by atoms with E-state index in [1.54, 1.807) is 47.2 Å². The molecule has 0 spiro atoms. The van der Waals surface area contributed by atoms with Gasteiger partial charge in [-0.25, -0.2) is 0 Å². The molecule has 3 aromatic rings. The van der Waals surface area contributed by atoms with Gasteiger partial charge in [-0.15, -0.1) is 4.21 Å². The number of benzene rings is 2. The number of amides is 2. The second-order valence-corrected chi connectivity index (χ2v) is 11.2. The number of carbonyl (C=O) groups excluding carboxylic acids is 2. The van der Waals surface area contributed by atoms with E-state index in [9.17, 15) is 13.8 Å². The minimum atomic E-state index is -1.52. The van der Waals surface area contributed by atoms with E-state index >= 15 is 0 Å². The third-order valence-electron chi connectivity index (χ3n) is 6.51. The first-order valence-electron chi connectivity index (χ1n) is 11.9. The van der Waals surface area contributed by atoms with E-state index in [0.717, 1.165) is 36.8 Å². The first-order chi connectivity index (χ1) is 16.7. The van der Waals surface area contributed by atoms with Crippen molar-refractivity contribution >= 4 is 50.8 Å². The van der Waals surface area contributed by atoms with Crippen molar-refractivity contribution in [1.82, 2.24) is 14.8 Å². The lowest BCUT2D eigenvalue weighted by atomic mass is 10.0. The van der Waals surface area contributed by atoms with Crippen molar-refractivity contribution < 1.29 is 13.8 Å². The van der Waals surface area contributed by atoms with E-state index in [1.807, 2.05) is 12.1 Å². The van der Waals surface area contributed by atoms with Crippen LogP contribution in [0.1, 0.15) is 37.2 Å². The number of hydrogen-bond donors (Lipinski definition) is 2. The summed E-state index contributed by atoms with van der Waals surface area (Å²) in [6.07, 6.45) is 3.44. The van der Waals surface area contributed by atoms with Gasteiger partial charge in [-0.05, 0) is 69.2 Å². The molecule has 1 atom stereocenters. The molecule has 1 aromatic heterocycles. The highest BCUT2D eigenvalue weighted by atomic mass is 35.5. The average molecular weight is 516 g/mol. The van der Waals surface area contributed by atoms with Gasteiger partial charge in [0.05, 0.1) is 0 Å². The van der Waals surface area contributed by atoms with Gasteiger partial charge in [0.15, 0.2) is 4.90 Å². The van der Waals surface area contributed by atoms with Gasteiger partial charge in [0, 0.05) is 52.9 Å². The van der Waals surface area contributed by atoms with Crippen LogP contribution >= 0.6 is 11.6 Å². The number of halogens is 1. The van der Waals surface area contributed by atoms with Crippen molar-refractivity contribution in [1.29, 1.82) is 0 Å². The maximum absolute atomic E-state index is 13.4. The van der Waals surface area contributed by atoms with Gasteiger partial charge < -0.3 is 20.1 Å². The molecule has 0 aliphatic carbocycles. The van der Waals surface area contributed by atoms with Gasteiger partial charge in [0.1, 0.15) is 29.3 Å². The van der Waals surface area contributed by atoms with E-state index in [-0.39, 0.29) is 24.4 Å². The van der Waals surface area contributed by atoms with E-state index in [0.29, 0.717) is 27.3 Å². The molecule has 4 rings (SSSR count). The third kappa shape index (κ3) is 6.12. The summed E-state index contributed by atoms with van der Waals surface area (Å²) < 4.78 is 13.8. The summed E-state index contributed by atoms with van der Waals surface area (Å²) in [5, 5.41) is 7.40. The number of piperidine rings is 1. The summed E-state index contributed by atoms with van der Waals surface area (Å²) in [4.78, 5) is 29.4. The number of carbonyl (C=O) groups is 2. The Hall–Kier alpha value is -2.68. The maximum atomic E-state index is 13.4. The minimum Gasteiger partial charge on any atom is -0.348 e. The van der Waals surface area contributed by atoms with Gasteiger partial charge in [-0.2, -0.15) is 0 Å². The van der Waals surface area contributed by atoms with Crippen LogP contribution in [0.3, 0.4) is 0 Å². The molecule has 0 saturated carbocycles. The minimum absolute atomic E-state index is 0.0295. The van der Waals surface area contributed by atoms with Crippen LogP contribution in [-0.2, 0) is 26.3 Å². The first-order valence-corrected chi connectivity index (χ1v) is 13.9. The Morgan fingerprint density at radius 1 is 1.09 bits per heavy atom. The van der Waals surface area contributed by atoms with Crippen LogP contribution in [0.15, 0.2) is 53.4 Å². The van der Waals surface area contributed by atoms with E-state index in [1.165, 1.54) is 0 Å². The summed E-state index contributed by atoms with van der Waals surface area (Å²) in [6, 6.07) is 14.7. The van der Waals surface area contributed by atoms with Gasteiger partial charge >= 0.3 is 0 Å². The monoisotopic (exact) mass is 515 g/mol. The van der Waals surface area contributed by atoms with Crippen LogP contribution in [0.25, 0.3) is 10.9 Å². The highest BCUT2D eigenvalue weighted by Crippen LogP contribution is 2.24. The number of hydrogen-bond acceptors (Lipinski definition) is 4. The topological polar surface area (TPSA) is 83.4 Å². The highest BCUT2D eigenvalue weighted by Gasteiger charge is 2.25. The zero-order valence-electron chi connectivity index (χ0n) is 20.3. The Labute approximate surface area is 213 Å². The van der Waals surface area contributed by atoms with Crippen molar-refractivity contribution in [3.05, 3.63) is 59.2 Å². The lowest BCUT2D eigenvalue weighted by Crippen LogP contribution is -2.47. The smallest absolute Gasteiger partial charge is 0.268 e. The molecule has 0 bridgehead atoms. The van der Waals surface area contributed by atoms with Crippen LogP contribution in [0, 0.1) is 0 Å². The van der Waals surface area contributed by atoms with E-state index in [4.69, 9.17) is 11.6 Å². The van der Waals surface area contributed by atoms with Crippen LogP contribution in [0.4, 0.5) is 5.69 Å². The molecule has 1 unspecified atom stereocenters. The van der Waals surface area contributed by atoms with Crippen LogP contribution in [-0.4, -0.2) is 52.7 Å². The fourth-order valence-corrected chi connectivity index (χ4v) is 5.24.